The van der Waals surface area contributed by atoms with Gasteiger partial charge in [-0.2, -0.15) is 0 Å². The summed E-state index contributed by atoms with van der Waals surface area (Å²) in [5.41, 5.74) is 0. The van der Waals surface area contributed by atoms with Crippen LogP contribution in [0.2, 0.25) is 0 Å². The largest absolute Gasteiger partial charge is 0.465 e. The molecule has 0 rings (SSSR count). The molecule has 0 aromatic carbocycles. The minimum absolute atomic E-state index is 0.0293. The molecule has 6 heteroatoms. The SMILES string of the molecule is C=CSC(=O)CN(CC=O)CC(=O)OCCCCCCCC. The zero-order valence-electron chi connectivity index (χ0n) is 13.4. The Kier molecular flexibility index (Phi) is 14.0. The Hall–Kier alpha value is -1.14. The van der Waals surface area contributed by atoms with E-state index in [0.717, 1.165) is 31.0 Å². The van der Waals surface area contributed by atoms with Crippen LogP contribution in [0.1, 0.15) is 45.4 Å². The van der Waals surface area contributed by atoms with Crippen LogP contribution in [0.15, 0.2) is 12.0 Å². The summed E-state index contributed by atoms with van der Waals surface area (Å²) >= 11 is 0.959. The molecule has 0 unspecified atom stereocenters. The van der Waals surface area contributed by atoms with Crippen molar-refractivity contribution in [2.24, 2.45) is 0 Å². The van der Waals surface area contributed by atoms with Gasteiger partial charge in [0.05, 0.1) is 26.2 Å². The summed E-state index contributed by atoms with van der Waals surface area (Å²) in [6, 6.07) is 0. The molecule has 5 nitrogen and oxygen atoms in total. The molecule has 0 bridgehead atoms. The molecule has 0 saturated carbocycles. The summed E-state index contributed by atoms with van der Waals surface area (Å²) in [7, 11) is 0. The Balaban J connectivity index is 3.85. The summed E-state index contributed by atoms with van der Waals surface area (Å²) in [5.74, 6) is -0.396. The second kappa shape index (κ2) is 14.8. The van der Waals surface area contributed by atoms with Crippen LogP contribution in [0.5, 0.6) is 0 Å². The van der Waals surface area contributed by atoms with Crippen LogP contribution in [0.4, 0.5) is 0 Å². The van der Waals surface area contributed by atoms with Gasteiger partial charge in [-0.05, 0) is 11.8 Å². The second-order valence-electron chi connectivity index (χ2n) is 4.98. The average molecular weight is 329 g/mol. The predicted molar refractivity (Wildman–Crippen MR) is 89.6 cm³/mol. The molecule has 0 aromatic heterocycles. The lowest BCUT2D eigenvalue weighted by atomic mass is 10.1. The molecule has 0 aliphatic carbocycles. The van der Waals surface area contributed by atoms with Gasteiger partial charge in [-0.1, -0.05) is 57.4 Å². The van der Waals surface area contributed by atoms with Crippen LogP contribution < -0.4 is 0 Å². The number of carbonyl (C=O) groups is 3. The number of ether oxygens (including phenoxy) is 1. The van der Waals surface area contributed by atoms with Crippen molar-refractivity contribution in [3.8, 4) is 0 Å². The quantitative estimate of drug-likeness (QED) is 0.277. The molecule has 0 aliphatic rings. The van der Waals surface area contributed by atoms with Gasteiger partial charge >= 0.3 is 5.97 Å². The molecule has 0 atom stereocenters. The highest BCUT2D eigenvalue weighted by atomic mass is 32.2. The van der Waals surface area contributed by atoms with E-state index in [1.165, 1.54) is 29.6 Å². The molecule has 0 radical (unpaired) electrons. The summed E-state index contributed by atoms with van der Waals surface area (Å²) in [5, 5.41) is 1.28. The van der Waals surface area contributed by atoms with Gasteiger partial charge in [0.1, 0.15) is 6.29 Å². The lowest BCUT2D eigenvalue weighted by Crippen LogP contribution is -2.36. The van der Waals surface area contributed by atoms with Crippen LogP contribution >= 0.6 is 11.8 Å². The molecule has 0 aromatic rings. The highest BCUT2D eigenvalue weighted by molar-refractivity contribution is 8.16. The zero-order valence-corrected chi connectivity index (χ0v) is 14.2. The van der Waals surface area contributed by atoms with Crippen molar-refractivity contribution >= 4 is 29.1 Å². The minimum Gasteiger partial charge on any atom is -0.465 e. The zero-order chi connectivity index (χ0) is 16.6. The predicted octanol–water partition coefficient (Wildman–Crippen LogP) is 2.79. The Morgan fingerprint density at radius 1 is 1.14 bits per heavy atom. The number of nitrogens with zero attached hydrogens (tertiary/aromatic N) is 1. The summed E-state index contributed by atoms with van der Waals surface area (Å²) in [6.45, 7) is 6.05. The van der Waals surface area contributed by atoms with Gasteiger partial charge < -0.3 is 9.53 Å². The fourth-order valence-corrected chi connectivity index (χ4v) is 2.34. The van der Waals surface area contributed by atoms with Gasteiger partial charge in [0.15, 0.2) is 0 Å². The van der Waals surface area contributed by atoms with Crippen molar-refractivity contribution in [2.45, 2.75) is 45.4 Å². The molecule has 0 spiro atoms. The molecular weight excluding hydrogens is 302 g/mol. The Bertz CT molecular complexity index is 347. The molecule has 0 aliphatic heterocycles. The van der Waals surface area contributed by atoms with E-state index in [9.17, 15) is 14.4 Å². The number of rotatable bonds is 14. The van der Waals surface area contributed by atoms with E-state index in [0.29, 0.717) is 12.9 Å². The summed E-state index contributed by atoms with van der Waals surface area (Å²) < 4.78 is 5.13. The van der Waals surface area contributed by atoms with Crippen molar-refractivity contribution in [2.75, 3.05) is 26.2 Å². The first-order chi connectivity index (χ1) is 10.6. The fourth-order valence-electron chi connectivity index (χ4n) is 1.90. The molecular formula is C16H27NO4S. The molecule has 126 valence electrons. The second-order valence-corrected chi connectivity index (χ2v) is 6.01. The van der Waals surface area contributed by atoms with Crippen LogP contribution in [0, 0.1) is 0 Å². The molecule has 0 heterocycles. The van der Waals surface area contributed by atoms with Gasteiger partial charge in [0, 0.05) is 0 Å². The monoisotopic (exact) mass is 329 g/mol. The first-order valence-electron chi connectivity index (χ1n) is 7.76. The van der Waals surface area contributed by atoms with Gasteiger partial charge in [0.2, 0.25) is 5.12 Å². The lowest BCUT2D eigenvalue weighted by Gasteiger charge is -2.17. The highest BCUT2D eigenvalue weighted by Crippen LogP contribution is 2.06. The first kappa shape index (κ1) is 20.9. The van der Waals surface area contributed by atoms with Crippen molar-refractivity contribution < 1.29 is 19.1 Å². The third kappa shape index (κ3) is 12.6. The number of aldehydes is 1. The summed E-state index contributed by atoms with van der Waals surface area (Å²) in [6.07, 6.45) is 7.43. The van der Waals surface area contributed by atoms with E-state index >= 15 is 0 Å². The van der Waals surface area contributed by atoms with Crippen LogP contribution in [-0.2, 0) is 19.1 Å². The number of esters is 1. The van der Waals surface area contributed by atoms with E-state index in [-0.39, 0.29) is 24.7 Å². The molecule has 0 N–H and O–H groups in total. The van der Waals surface area contributed by atoms with E-state index < -0.39 is 5.97 Å². The maximum absolute atomic E-state index is 11.7. The van der Waals surface area contributed by atoms with Crippen molar-refractivity contribution in [3.63, 3.8) is 0 Å². The summed E-state index contributed by atoms with van der Waals surface area (Å²) in [4.78, 5) is 35.2. The van der Waals surface area contributed by atoms with Crippen molar-refractivity contribution in [1.29, 1.82) is 0 Å². The van der Waals surface area contributed by atoms with Crippen molar-refractivity contribution in [1.82, 2.24) is 4.90 Å². The van der Waals surface area contributed by atoms with Gasteiger partial charge in [-0.3, -0.25) is 14.5 Å². The van der Waals surface area contributed by atoms with Crippen LogP contribution in [-0.4, -0.2) is 48.5 Å². The van der Waals surface area contributed by atoms with Gasteiger partial charge in [0.25, 0.3) is 0 Å². The Labute approximate surface area is 137 Å². The minimum atomic E-state index is -0.396. The maximum Gasteiger partial charge on any atom is 0.320 e. The topological polar surface area (TPSA) is 63.7 Å². The van der Waals surface area contributed by atoms with Crippen LogP contribution in [0.25, 0.3) is 0 Å². The normalized spacial score (nSPS) is 10.5. The van der Waals surface area contributed by atoms with Crippen LogP contribution in [0.3, 0.4) is 0 Å². The number of thioether (sulfide) groups is 1. The maximum atomic E-state index is 11.7. The Morgan fingerprint density at radius 2 is 1.82 bits per heavy atom. The van der Waals surface area contributed by atoms with E-state index in [1.54, 1.807) is 0 Å². The van der Waals surface area contributed by atoms with Gasteiger partial charge in [-0.25, -0.2) is 0 Å². The van der Waals surface area contributed by atoms with Crippen molar-refractivity contribution in [3.05, 3.63) is 12.0 Å². The highest BCUT2D eigenvalue weighted by Gasteiger charge is 2.14. The van der Waals surface area contributed by atoms with E-state index in [2.05, 4.69) is 13.5 Å². The number of carbonyl (C=O) groups excluding carboxylic acids is 3. The number of hydrogen-bond acceptors (Lipinski definition) is 6. The van der Waals surface area contributed by atoms with E-state index in [4.69, 9.17) is 4.74 Å². The standard InChI is InChI=1S/C16H27NO4S/c1-3-5-6-7-8-9-12-21-15(19)13-17(10-11-18)14-16(20)22-4-2/h4,11H,2-3,5-10,12-14H2,1H3. The molecule has 22 heavy (non-hydrogen) atoms. The third-order valence-electron chi connectivity index (χ3n) is 3.01. The molecule has 0 saturated heterocycles. The smallest absolute Gasteiger partial charge is 0.320 e. The first-order valence-corrected chi connectivity index (χ1v) is 8.64. The fraction of sp³-hybridized carbons (Fsp3) is 0.688. The number of hydrogen-bond donors (Lipinski definition) is 0. The Morgan fingerprint density at radius 3 is 2.45 bits per heavy atom. The number of unbranched alkanes of at least 4 members (excludes halogenated alkanes) is 5. The lowest BCUT2D eigenvalue weighted by molar-refractivity contribution is -0.145. The molecule has 0 fully saturated rings. The third-order valence-corrected chi connectivity index (χ3v) is 3.57. The average Bonchev–Trinajstić information content (AvgIpc) is 2.46. The molecule has 0 amide bonds. The van der Waals surface area contributed by atoms with Gasteiger partial charge in [-0.15, -0.1) is 0 Å². The van der Waals surface area contributed by atoms with E-state index in [1.807, 2.05) is 0 Å².